The van der Waals surface area contributed by atoms with Crippen LogP contribution in [0, 0.1) is 4.78 Å². The van der Waals surface area contributed by atoms with Gasteiger partial charge in [0.2, 0.25) is 5.95 Å². The number of nitrogens with zero attached hydrogens (tertiary/aromatic N) is 3. The first kappa shape index (κ1) is 15.8. The topological polar surface area (TPSA) is 101 Å². The Bertz CT molecular complexity index is 745. The molecule has 0 amide bonds. The maximum Gasteiger partial charge on any atom is 0.230 e. The van der Waals surface area contributed by atoms with Crippen molar-refractivity contribution in [1.82, 2.24) is 15.0 Å². The number of hydrogen-bond acceptors (Lipinski definition) is 7. The Morgan fingerprint density at radius 3 is 2.74 bits per heavy atom. The normalized spacial score (nSPS) is 18.3. The van der Waals surface area contributed by atoms with Crippen LogP contribution < -0.4 is 5.32 Å². The summed E-state index contributed by atoms with van der Waals surface area (Å²) in [5.41, 5.74) is 1.67. The van der Waals surface area contributed by atoms with Crippen molar-refractivity contribution >= 4 is 21.4 Å². The standard InChI is InChI=1S/C15H19N5O2S/c16-23(21,14-4-6-22-7-5-14)9-12-2-1-3-13(8-12)20-15-18-10-17-11-19-15/h1-3,8,10-11,14,16H,4-7,9H2,(H,17,18,19,20). The molecule has 1 atom stereocenters. The number of rotatable bonds is 5. The van der Waals surface area contributed by atoms with Crippen LogP contribution in [0.2, 0.25) is 0 Å². The lowest BCUT2D eigenvalue weighted by Gasteiger charge is -2.24. The first-order valence-corrected chi connectivity index (χ1v) is 9.23. The van der Waals surface area contributed by atoms with E-state index in [2.05, 4.69) is 20.3 Å². The van der Waals surface area contributed by atoms with Gasteiger partial charge in [0.25, 0.3) is 0 Å². The summed E-state index contributed by atoms with van der Waals surface area (Å²) in [6, 6.07) is 7.54. The summed E-state index contributed by atoms with van der Waals surface area (Å²) in [7, 11) is -2.68. The van der Waals surface area contributed by atoms with E-state index < -0.39 is 9.73 Å². The van der Waals surface area contributed by atoms with E-state index in [0.29, 0.717) is 32.0 Å². The molecule has 1 aromatic carbocycles. The molecule has 0 saturated carbocycles. The molecule has 0 aliphatic carbocycles. The molecular formula is C15H19N5O2S. The van der Waals surface area contributed by atoms with Crippen LogP contribution in [0.1, 0.15) is 18.4 Å². The molecule has 1 aliphatic heterocycles. The molecule has 2 aromatic rings. The summed E-state index contributed by atoms with van der Waals surface area (Å²) in [6.07, 6.45) is 4.23. The van der Waals surface area contributed by atoms with E-state index in [1.165, 1.54) is 12.7 Å². The molecule has 1 fully saturated rings. The fraction of sp³-hybridized carbons (Fsp3) is 0.400. The Kier molecular flexibility index (Phi) is 4.82. The molecule has 0 bridgehead atoms. The van der Waals surface area contributed by atoms with E-state index in [4.69, 9.17) is 9.52 Å². The predicted molar refractivity (Wildman–Crippen MR) is 88.0 cm³/mol. The van der Waals surface area contributed by atoms with E-state index in [0.717, 1.165) is 11.3 Å². The van der Waals surface area contributed by atoms with Gasteiger partial charge in [0.05, 0.1) is 15.5 Å². The number of hydrogen-bond donors (Lipinski definition) is 2. The first-order valence-electron chi connectivity index (χ1n) is 7.44. The minimum Gasteiger partial charge on any atom is -0.381 e. The molecule has 23 heavy (non-hydrogen) atoms. The highest BCUT2D eigenvalue weighted by Crippen LogP contribution is 2.22. The maximum absolute atomic E-state index is 12.7. The van der Waals surface area contributed by atoms with Gasteiger partial charge in [-0.25, -0.2) is 19.2 Å². The van der Waals surface area contributed by atoms with Gasteiger partial charge in [-0.05, 0) is 30.5 Å². The lowest BCUT2D eigenvalue weighted by molar-refractivity contribution is 0.0988. The van der Waals surface area contributed by atoms with Crippen molar-refractivity contribution in [2.45, 2.75) is 23.8 Å². The minimum atomic E-state index is -2.68. The van der Waals surface area contributed by atoms with Crippen LogP contribution in [-0.4, -0.2) is 37.6 Å². The minimum absolute atomic E-state index is 0.0867. The van der Waals surface area contributed by atoms with Crippen LogP contribution in [0.15, 0.2) is 36.9 Å². The van der Waals surface area contributed by atoms with Crippen molar-refractivity contribution in [3.8, 4) is 0 Å². The zero-order chi connectivity index (χ0) is 16.1. The molecule has 0 radical (unpaired) electrons. The molecule has 1 saturated heterocycles. The fourth-order valence-electron chi connectivity index (χ4n) is 2.59. The molecule has 0 spiro atoms. The van der Waals surface area contributed by atoms with Gasteiger partial charge in [-0.1, -0.05) is 12.1 Å². The first-order chi connectivity index (χ1) is 11.1. The molecule has 122 valence electrons. The summed E-state index contributed by atoms with van der Waals surface area (Å²) in [5, 5.41) is 2.99. The maximum atomic E-state index is 12.7. The zero-order valence-corrected chi connectivity index (χ0v) is 13.5. The smallest absolute Gasteiger partial charge is 0.230 e. The Balaban J connectivity index is 1.72. The Hall–Kier alpha value is -2.06. The SMILES string of the molecule is N=S(=O)(Cc1cccc(Nc2ncncn2)c1)C1CCOCC1. The third-order valence-corrected chi connectivity index (χ3v) is 6.07. The second-order valence-corrected chi connectivity index (χ2v) is 7.88. The molecule has 1 aliphatic rings. The molecule has 2 N–H and O–H groups in total. The van der Waals surface area contributed by atoms with Crippen molar-refractivity contribution in [2.24, 2.45) is 0 Å². The number of nitrogens with one attached hydrogen (secondary N) is 2. The molecule has 1 aromatic heterocycles. The van der Waals surface area contributed by atoms with Gasteiger partial charge in [-0.15, -0.1) is 0 Å². The van der Waals surface area contributed by atoms with Gasteiger partial charge >= 0.3 is 0 Å². The lowest BCUT2D eigenvalue weighted by Crippen LogP contribution is -2.29. The van der Waals surface area contributed by atoms with Crippen LogP contribution in [0.5, 0.6) is 0 Å². The van der Waals surface area contributed by atoms with E-state index >= 15 is 0 Å². The summed E-state index contributed by atoms with van der Waals surface area (Å²) >= 11 is 0. The fourth-order valence-corrected chi connectivity index (χ4v) is 4.46. The average Bonchev–Trinajstić information content (AvgIpc) is 2.56. The van der Waals surface area contributed by atoms with Crippen molar-refractivity contribution in [3.05, 3.63) is 42.5 Å². The van der Waals surface area contributed by atoms with Crippen LogP contribution in [-0.2, 0) is 20.2 Å². The largest absolute Gasteiger partial charge is 0.381 e. The highest BCUT2D eigenvalue weighted by atomic mass is 32.2. The molecular weight excluding hydrogens is 314 g/mol. The molecule has 2 heterocycles. The summed E-state index contributed by atoms with van der Waals surface area (Å²) in [6.45, 7) is 1.20. The Morgan fingerprint density at radius 2 is 2.00 bits per heavy atom. The van der Waals surface area contributed by atoms with E-state index in [1.807, 2.05) is 24.3 Å². The summed E-state index contributed by atoms with van der Waals surface area (Å²) < 4.78 is 26.3. The van der Waals surface area contributed by atoms with Crippen LogP contribution >= 0.6 is 0 Å². The Morgan fingerprint density at radius 1 is 1.26 bits per heavy atom. The summed E-state index contributed by atoms with van der Waals surface area (Å²) in [5.74, 6) is 0.706. The van der Waals surface area contributed by atoms with E-state index in [9.17, 15) is 4.21 Å². The molecule has 3 rings (SSSR count). The quantitative estimate of drug-likeness (QED) is 0.871. The van der Waals surface area contributed by atoms with Crippen molar-refractivity contribution in [1.29, 1.82) is 4.78 Å². The average molecular weight is 333 g/mol. The number of ether oxygens (including phenoxy) is 1. The molecule has 1 unspecified atom stereocenters. The third kappa shape index (κ3) is 4.23. The van der Waals surface area contributed by atoms with E-state index in [-0.39, 0.29) is 11.0 Å². The highest BCUT2D eigenvalue weighted by molar-refractivity contribution is 7.92. The van der Waals surface area contributed by atoms with Gasteiger partial charge in [0.15, 0.2) is 0 Å². The van der Waals surface area contributed by atoms with Crippen molar-refractivity contribution in [3.63, 3.8) is 0 Å². The number of aromatic nitrogens is 3. The molecule has 7 nitrogen and oxygen atoms in total. The van der Waals surface area contributed by atoms with Gasteiger partial charge in [0, 0.05) is 24.2 Å². The van der Waals surface area contributed by atoms with Crippen molar-refractivity contribution < 1.29 is 8.95 Å². The van der Waals surface area contributed by atoms with Gasteiger partial charge in [-0.2, -0.15) is 0 Å². The lowest BCUT2D eigenvalue weighted by atomic mass is 10.2. The predicted octanol–water partition coefficient (Wildman–Crippen LogP) is 2.34. The zero-order valence-electron chi connectivity index (χ0n) is 12.6. The Labute approximate surface area is 135 Å². The second kappa shape index (κ2) is 7.01. The van der Waals surface area contributed by atoms with Crippen LogP contribution in [0.25, 0.3) is 0 Å². The van der Waals surface area contributed by atoms with Gasteiger partial charge in [-0.3, -0.25) is 4.78 Å². The molecule has 8 heteroatoms. The third-order valence-electron chi connectivity index (χ3n) is 3.76. The van der Waals surface area contributed by atoms with E-state index in [1.54, 1.807) is 0 Å². The van der Waals surface area contributed by atoms with Gasteiger partial charge in [0.1, 0.15) is 12.7 Å². The second-order valence-electron chi connectivity index (χ2n) is 5.47. The summed E-state index contributed by atoms with van der Waals surface area (Å²) in [4.78, 5) is 11.8. The number of benzene rings is 1. The highest BCUT2D eigenvalue weighted by Gasteiger charge is 2.24. The van der Waals surface area contributed by atoms with Crippen LogP contribution in [0.4, 0.5) is 11.6 Å². The monoisotopic (exact) mass is 333 g/mol. The van der Waals surface area contributed by atoms with Crippen LogP contribution in [0.3, 0.4) is 0 Å². The van der Waals surface area contributed by atoms with Crippen molar-refractivity contribution in [2.75, 3.05) is 18.5 Å². The van der Waals surface area contributed by atoms with Gasteiger partial charge < -0.3 is 10.1 Å². The number of anilines is 2.